The molecule has 1 saturated heterocycles. The number of nitrogens with zero attached hydrogens (tertiary/aromatic N) is 2. The van der Waals surface area contributed by atoms with Gasteiger partial charge in [-0.1, -0.05) is 12.1 Å². The Labute approximate surface area is 192 Å². The van der Waals surface area contributed by atoms with Crippen molar-refractivity contribution in [2.45, 2.75) is 50.5 Å². The molecule has 0 spiro atoms. The first-order valence-electron chi connectivity index (χ1n) is 11.7. The van der Waals surface area contributed by atoms with E-state index in [2.05, 4.69) is 27.0 Å². The number of hydrogen-bond acceptors (Lipinski definition) is 5. The molecule has 8 heteroatoms. The van der Waals surface area contributed by atoms with Gasteiger partial charge < -0.3 is 16.0 Å². The average molecular weight is 452 g/mol. The van der Waals surface area contributed by atoms with E-state index in [-0.39, 0.29) is 23.9 Å². The predicted octanol–water partition coefficient (Wildman–Crippen LogP) is 4.23. The Balaban J connectivity index is 1.14. The van der Waals surface area contributed by atoms with Crippen molar-refractivity contribution in [3.8, 4) is 0 Å². The van der Waals surface area contributed by atoms with Crippen LogP contribution in [-0.4, -0.2) is 35.6 Å². The van der Waals surface area contributed by atoms with Crippen LogP contribution >= 0.6 is 11.3 Å². The minimum atomic E-state index is -0.125. The summed E-state index contributed by atoms with van der Waals surface area (Å²) in [4.78, 5) is 30.8. The highest BCUT2D eigenvalue weighted by molar-refractivity contribution is 7.14. The maximum Gasteiger partial charge on any atom is 0.323 e. The Morgan fingerprint density at radius 2 is 1.81 bits per heavy atom. The van der Waals surface area contributed by atoms with Crippen molar-refractivity contribution in [3.05, 3.63) is 35.3 Å². The second-order valence-electron chi connectivity index (χ2n) is 10.1. The van der Waals surface area contributed by atoms with Crippen molar-refractivity contribution in [2.24, 2.45) is 17.8 Å². The van der Waals surface area contributed by atoms with Crippen LogP contribution in [0.5, 0.6) is 0 Å². The number of carbonyl (C=O) groups excluding carboxylic acids is 2. The van der Waals surface area contributed by atoms with Gasteiger partial charge in [0.2, 0.25) is 5.91 Å². The molecule has 0 radical (unpaired) electrons. The topological polar surface area (TPSA) is 86.4 Å². The Hall–Kier alpha value is -2.61. The van der Waals surface area contributed by atoms with E-state index in [9.17, 15) is 9.59 Å². The third kappa shape index (κ3) is 3.74. The van der Waals surface area contributed by atoms with Gasteiger partial charge >= 0.3 is 6.03 Å². The number of benzene rings is 1. The first-order chi connectivity index (χ1) is 15.6. The molecule has 3 N–H and O–H groups in total. The van der Waals surface area contributed by atoms with Crippen LogP contribution in [0.1, 0.15) is 44.2 Å². The zero-order valence-electron chi connectivity index (χ0n) is 18.1. The monoisotopic (exact) mass is 451 g/mol. The third-order valence-corrected chi connectivity index (χ3v) is 8.52. The highest BCUT2D eigenvalue weighted by Crippen LogP contribution is 2.56. The van der Waals surface area contributed by atoms with Crippen LogP contribution in [0.2, 0.25) is 0 Å². The molecule has 2 aromatic rings. The van der Waals surface area contributed by atoms with E-state index in [1.807, 2.05) is 23.6 Å². The summed E-state index contributed by atoms with van der Waals surface area (Å²) in [5.74, 6) is 2.51. The van der Waals surface area contributed by atoms with Gasteiger partial charge in [0.15, 0.2) is 5.13 Å². The lowest BCUT2D eigenvalue weighted by atomic mass is 9.53. The summed E-state index contributed by atoms with van der Waals surface area (Å²) in [6.45, 7) is 1.24. The number of aromatic nitrogens is 1. The normalized spacial score (nSPS) is 30.4. The minimum absolute atomic E-state index is 0.0903. The zero-order chi connectivity index (χ0) is 21.7. The van der Waals surface area contributed by atoms with E-state index in [1.165, 1.54) is 49.9 Å². The number of para-hydroxylation sites is 2. The van der Waals surface area contributed by atoms with Crippen molar-refractivity contribution in [2.75, 3.05) is 28.6 Å². The first-order valence-corrected chi connectivity index (χ1v) is 12.6. The molecule has 1 aliphatic heterocycles. The highest BCUT2D eigenvalue weighted by atomic mass is 32.1. The van der Waals surface area contributed by atoms with Crippen LogP contribution in [0.25, 0.3) is 0 Å². The molecule has 0 atom stereocenters. The molecule has 4 bridgehead atoms. The molecule has 1 aromatic carbocycles. The quantitative estimate of drug-likeness (QED) is 0.613. The van der Waals surface area contributed by atoms with E-state index >= 15 is 0 Å². The minimum Gasteiger partial charge on any atom is -0.378 e. The van der Waals surface area contributed by atoms with E-state index in [0.29, 0.717) is 23.9 Å². The van der Waals surface area contributed by atoms with Gasteiger partial charge in [-0.05, 0) is 68.4 Å². The van der Waals surface area contributed by atoms with Gasteiger partial charge in [-0.3, -0.25) is 9.69 Å². The zero-order valence-corrected chi connectivity index (χ0v) is 18.9. The largest absolute Gasteiger partial charge is 0.378 e. The van der Waals surface area contributed by atoms with Gasteiger partial charge in [-0.15, -0.1) is 11.3 Å². The average Bonchev–Trinajstić information content (AvgIpc) is 3.36. The second kappa shape index (κ2) is 7.76. The first kappa shape index (κ1) is 20.0. The Morgan fingerprint density at radius 3 is 2.47 bits per heavy atom. The standard InChI is InChI=1S/C24H29N5O2S/c30-21(10-18-14-32-23(26-18)29-6-5-25-22(29)31)27-19-3-1-2-4-20(19)28-24-11-15-7-16(12-24)9-17(8-15)13-24/h1-4,14-17,28H,5-13H2,(H,25,31)(H,27,30). The Kier molecular flexibility index (Phi) is 4.86. The molecule has 2 heterocycles. The summed E-state index contributed by atoms with van der Waals surface area (Å²) < 4.78 is 0. The number of nitrogens with one attached hydrogen (secondary N) is 3. The van der Waals surface area contributed by atoms with Crippen molar-refractivity contribution >= 4 is 39.8 Å². The van der Waals surface area contributed by atoms with Gasteiger partial charge in [0, 0.05) is 24.0 Å². The molecule has 0 unspecified atom stereocenters. The van der Waals surface area contributed by atoms with E-state index < -0.39 is 0 Å². The number of carbonyl (C=O) groups is 2. The molecule has 4 saturated carbocycles. The van der Waals surface area contributed by atoms with E-state index in [0.717, 1.165) is 29.1 Å². The van der Waals surface area contributed by atoms with Crippen molar-refractivity contribution in [1.82, 2.24) is 10.3 Å². The maximum absolute atomic E-state index is 12.8. The van der Waals surface area contributed by atoms with E-state index in [4.69, 9.17) is 0 Å². The molecule has 168 valence electrons. The molecule has 1 aromatic heterocycles. The number of anilines is 3. The second-order valence-corrected chi connectivity index (χ2v) is 10.9. The summed E-state index contributed by atoms with van der Waals surface area (Å²) in [5.41, 5.74) is 2.74. The Bertz CT molecular complexity index is 1020. The fraction of sp³-hybridized carbons (Fsp3) is 0.542. The van der Waals surface area contributed by atoms with Crippen molar-refractivity contribution < 1.29 is 9.59 Å². The predicted molar refractivity (Wildman–Crippen MR) is 126 cm³/mol. The van der Waals surface area contributed by atoms with Crippen LogP contribution in [0, 0.1) is 17.8 Å². The molecule has 5 aliphatic rings. The highest BCUT2D eigenvalue weighted by Gasteiger charge is 2.51. The summed E-state index contributed by atoms with van der Waals surface area (Å²) >= 11 is 1.40. The SMILES string of the molecule is O=C(Cc1csc(N2CCNC2=O)n1)Nc1ccccc1NC12CC3CC(CC(C3)C1)C2. The van der Waals surface area contributed by atoms with Crippen LogP contribution in [0.15, 0.2) is 29.6 Å². The molecular formula is C24H29N5O2S. The molecular weight excluding hydrogens is 422 g/mol. The number of urea groups is 1. The number of thiazole rings is 1. The number of amides is 3. The van der Waals surface area contributed by atoms with Crippen molar-refractivity contribution in [1.29, 1.82) is 0 Å². The molecule has 7 nitrogen and oxygen atoms in total. The summed E-state index contributed by atoms with van der Waals surface area (Å²) in [5, 5.41) is 12.3. The molecule has 7 rings (SSSR count). The van der Waals surface area contributed by atoms with Gasteiger partial charge in [0.05, 0.1) is 23.5 Å². The Morgan fingerprint density at radius 1 is 1.12 bits per heavy atom. The number of hydrogen-bond donors (Lipinski definition) is 3. The number of rotatable bonds is 6. The molecule has 32 heavy (non-hydrogen) atoms. The lowest BCUT2D eigenvalue weighted by Crippen LogP contribution is -2.54. The molecule has 4 aliphatic carbocycles. The van der Waals surface area contributed by atoms with Gasteiger partial charge in [-0.25, -0.2) is 9.78 Å². The summed E-state index contributed by atoms with van der Waals surface area (Å²) in [7, 11) is 0. The van der Waals surface area contributed by atoms with Crippen molar-refractivity contribution in [3.63, 3.8) is 0 Å². The fourth-order valence-corrected chi connectivity index (χ4v) is 7.61. The van der Waals surface area contributed by atoms with Crippen LogP contribution in [0.4, 0.5) is 21.3 Å². The van der Waals surface area contributed by atoms with Crippen LogP contribution in [-0.2, 0) is 11.2 Å². The van der Waals surface area contributed by atoms with Crippen LogP contribution < -0.4 is 20.9 Å². The van der Waals surface area contributed by atoms with E-state index in [1.54, 1.807) is 4.90 Å². The summed E-state index contributed by atoms with van der Waals surface area (Å²) in [6.07, 6.45) is 8.20. The van der Waals surface area contributed by atoms with Gasteiger partial charge in [-0.2, -0.15) is 0 Å². The molecule has 5 fully saturated rings. The van der Waals surface area contributed by atoms with Gasteiger partial charge in [0.1, 0.15) is 0 Å². The van der Waals surface area contributed by atoms with Gasteiger partial charge in [0.25, 0.3) is 0 Å². The fourth-order valence-electron chi connectivity index (χ4n) is 6.77. The third-order valence-electron chi connectivity index (χ3n) is 7.61. The smallest absolute Gasteiger partial charge is 0.323 e. The summed E-state index contributed by atoms with van der Waals surface area (Å²) in [6, 6.07) is 7.93. The lowest BCUT2D eigenvalue weighted by Gasteiger charge is -2.57. The van der Waals surface area contributed by atoms with Crippen LogP contribution in [0.3, 0.4) is 0 Å². The lowest BCUT2D eigenvalue weighted by molar-refractivity contribution is -0.115. The molecule has 3 amide bonds. The maximum atomic E-state index is 12.8.